The largest absolute Gasteiger partial charge is 0.436 e. The van der Waals surface area contributed by atoms with E-state index in [0.29, 0.717) is 26.8 Å². The zero-order valence-electron chi connectivity index (χ0n) is 13.1. The highest BCUT2D eigenvalue weighted by atomic mass is 79.9. The lowest BCUT2D eigenvalue weighted by molar-refractivity contribution is -0.497. The van der Waals surface area contributed by atoms with E-state index >= 15 is 0 Å². The van der Waals surface area contributed by atoms with Crippen molar-refractivity contribution in [2.24, 2.45) is 5.92 Å². The Morgan fingerprint density at radius 2 is 2.15 bits per heavy atom. The molecule has 132 valence electrons. The first kappa shape index (κ1) is 16.6. The number of hydrogen-bond donors (Lipinski definition) is 1. The van der Waals surface area contributed by atoms with Gasteiger partial charge in [-0.2, -0.15) is 0 Å². The maximum atomic E-state index is 13.5. The van der Waals surface area contributed by atoms with Crippen molar-refractivity contribution in [3.8, 4) is 11.5 Å². The molecule has 1 aliphatic rings. The maximum Gasteiger partial charge on any atom is 0.234 e. The van der Waals surface area contributed by atoms with Gasteiger partial charge in [0.2, 0.25) is 17.8 Å². The lowest BCUT2D eigenvalue weighted by Gasteiger charge is -2.02. The molecule has 0 radical (unpaired) electrons. The van der Waals surface area contributed by atoms with Gasteiger partial charge in [-0.3, -0.25) is 14.9 Å². The molecular formula is C17H11BrFN3O4. The van der Waals surface area contributed by atoms with Crippen molar-refractivity contribution in [3.05, 3.63) is 56.8 Å². The number of rotatable bonds is 4. The van der Waals surface area contributed by atoms with Gasteiger partial charge in [-0.25, -0.2) is 9.37 Å². The molecule has 1 N–H and O–H groups in total. The van der Waals surface area contributed by atoms with Crippen LogP contribution in [0.3, 0.4) is 0 Å². The van der Waals surface area contributed by atoms with E-state index in [4.69, 9.17) is 4.42 Å². The fourth-order valence-corrected chi connectivity index (χ4v) is 3.13. The average molecular weight is 420 g/mol. The third kappa shape index (κ3) is 3.05. The Morgan fingerprint density at radius 1 is 1.35 bits per heavy atom. The maximum absolute atomic E-state index is 13.5. The number of halogens is 2. The van der Waals surface area contributed by atoms with Crippen LogP contribution in [0.5, 0.6) is 0 Å². The van der Waals surface area contributed by atoms with Gasteiger partial charge in [-0.1, -0.05) is 0 Å². The predicted octanol–water partition coefficient (Wildman–Crippen LogP) is 4.00. The number of oxazole rings is 1. The molecule has 3 aromatic rings. The summed E-state index contributed by atoms with van der Waals surface area (Å²) in [4.78, 5) is 26.6. The first-order valence-corrected chi connectivity index (χ1v) is 8.52. The summed E-state index contributed by atoms with van der Waals surface area (Å²) in [7, 11) is 0. The molecule has 1 saturated carbocycles. The molecule has 2 aromatic carbocycles. The molecule has 7 nitrogen and oxygen atoms in total. The van der Waals surface area contributed by atoms with E-state index in [1.165, 1.54) is 12.1 Å². The van der Waals surface area contributed by atoms with Gasteiger partial charge in [-0.05, 0) is 52.3 Å². The third-order valence-corrected chi connectivity index (χ3v) is 4.87. The third-order valence-electron chi connectivity index (χ3n) is 4.18. The van der Waals surface area contributed by atoms with Crippen LogP contribution in [-0.2, 0) is 4.79 Å². The fraction of sp³-hybridized carbons (Fsp3) is 0.176. The quantitative estimate of drug-likeness (QED) is 0.508. The van der Waals surface area contributed by atoms with E-state index in [2.05, 4.69) is 26.2 Å². The molecule has 0 saturated heterocycles. The highest BCUT2D eigenvalue weighted by Crippen LogP contribution is 2.35. The van der Waals surface area contributed by atoms with Crippen LogP contribution in [0.4, 0.5) is 10.1 Å². The second-order valence-electron chi connectivity index (χ2n) is 6.01. The van der Waals surface area contributed by atoms with Crippen LogP contribution >= 0.6 is 15.9 Å². The normalized spacial score (nSPS) is 18.7. The van der Waals surface area contributed by atoms with Gasteiger partial charge in [0.15, 0.2) is 5.58 Å². The SMILES string of the molecule is O=C(Nc1ccc2oc(-c3cc(F)ccc3Br)nc2c1)[C@H]1C[C@H]1[N+](=O)[O-]. The molecule has 1 heterocycles. The number of hydrogen-bond acceptors (Lipinski definition) is 5. The molecule has 0 bridgehead atoms. The Bertz CT molecular complexity index is 1050. The molecule has 1 aromatic heterocycles. The summed E-state index contributed by atoms with van der Waals surface area (Å²) in [5.41, 5.74) is 1.90. The molecule has 0 unspecified atom stereocenters. The minimum Gasteiger partial charge on any atom is -0.436 e. The Morgan fingerprint density at radius 3 is 2.88 bits per heavy atom. The summed E-state index contributed by atoms with van der Waals surface area (Å²) in [6, 6.07) is 8.25. The number of aromatic nitrogens is 1. The molecule has 1 amide bonds. The van der Waals surface area contributed by atoms with Gasteiger partial charge in [0.1, 0.15) is 17.3 Å². The van der Waals surface area contributed by atoms with E-state index in [0.717, 1.165) is 0 Å². The molecule has 4 rings (SSSR count). The Kier molecular flexibility index (Phi) is 3.95. The van der Waals surface area contributed by atoms with Crippen LogP contribution < -0.4 is 5.32 Å². The minimum atomic E-state index is -0.803. The summed E-state index contributed by atoms with van der Waals surface area (Å²) >= 11 is 3.33. The van der Waals surface area contributed by atoms with Gasteiger partial charge in [-0.15, -0.1) is 0 Å². The Hall–Kier alpha value is -2.81. The van der Waals surface area contributed by atoms with Crippen molar-refractivity contribution in [1.29, 1.82) is 0 Å². The smallest absolute Gasteiger partial charge is 0.234 e. The fourth-order valence-electron chi connectivity index (χ4n) is 2.71. The number of carbonyl (C=O) groups is 1. The number of benzene rings is 2. The molecule has 1 fully saturated rings. The van der Waals surface area contributed by atoms with Crippen molar-refractivity contribution in [1.82, 2.24) is 4.98 Å². The van der Waals surface area contributed by atoms with Crippen molar-refractivity contribution in [2.75, 3.05) is 5.32 Å². The van der Waals surface area contributed by atoms with E-state index in [-0.39, 0.29) is 18.2 Å². The number of fused-ring (bicyclic) bond motifs is 1. The molecule has 9 heteroatoms. The van der Waals surface area contributed by atoms with Crippen LogP contribution in [0, 0.1) is 21.8 Å². The van der Waals surface area contributed by atoms with Crippen LogP contribution in [0.1, 0.15) is 6.42 Å². The van der Waals surface area contributed by atoms with Crippen molar-refractivity contribution in [3.63, 3.8) is 0 Å². The van der Waals surface area contributed by atoms with Crippen molar-refractivity contribution < 1.29 is 18.5 Å². The van der Waals surface area contributed by atoms with E-state index < -0.39 is 22.7 Å². The number of nitrogens with one attached hydrogen (secondary N) is 1. The average Bonchev–Trinajstić information content (AvgIpc) is 3.30. The highest BCUT2D eigenvalue weighted by molar-refractivity contribution is 9.10. The van der Waals surface area contributed by atoms with E-state index in [9.17, 15) is 19.3 Å². The minimum absolute atomic E-state index is 0.241. The Balaban J connectivity index is 1.59. The molecule has 2 atom stereocenters. The van der Waals surface area contributed by atoms with Crippen LogP contribution in [0.25, 0.3) is 22.6 Å². The zero-order valence-corrected chi connectivity index (χ0v) is 14.7. The Labute approximate surface area is 154 Å². The standard InChI is InChI=1S/C17H11BrFN3O4/c18-12-3-1-8(19)5-10(12)17-21-13-6-9(2-4-15(13)26-17)20-16(23)11-7-14(11)22(24)25/h1-6,11,14H,7H2,(H,20,23)/t11-,14+/m0/s1. The second kappa shape index (κ2) is 6.17. The topological polar surface area (TPSA) is 98.3 Å². The number of nitro groups is 1. The molecular weight excluding hydrogens is 409 g/mol. The van der Waals surface area contributed by atoms with Gasteiger partial charge >= 0.3 is 0 Å². The van der Waals surface area contributed by atoms with Crippen LogP contribution in [0.2, 0.25) is 0 Å². The van der Waals surface area contributed by atoms with Crippen LogP contribution in [-0.4, -0.2) is 21.9 Å². The molecule has 0 aliphatic heterocycles. The predicted molar refractivity (Wildman–Crippen MR) is 94.6 cm³/mol. The van der Waals surface area contributed by atoms with E-state index in [1.54, 1.807) is 24.3 Å². The van der Waals surface area contributed by atoms with E-state index in [1.807, 2.05) is 0 Å². The summed E-state index contributed by atoms with van der Waals surface area (Å²) in [5, 5.41) is 13.3. The van der Waals surface area contributed by atoms with Gasteiger partial charge in [0.05, 0.1) is 5.56 Å². The first-order valence-electron chi connectivity index (χ1n) is 7.73. The first-order chi connectivity index (χ1) is 12.4. The van der Waals surface area contributed by atoms with Gasteiger partial charge in [0.25, 0.3) is 0 Å². The monoisotopic (exact) mass is 419 g/mol. The summed E-state index contributed by atoms with van der Waals surface area (Å²) in [6.45, 7) is 0. The van der Waals surface area contributed by atoms with Crippen LogP contribution in [0.15, 0.2) is 45.3 Å². The second-order valence-corrected chi connectivity index (χ2v) is 6.86. The number of carbonyl (C=O) groups excluding carboxylic acids is 1. The van der Waals surface area contributed by atoms with Gasteiger partial charge in [0, 0.05) is 21.5 Å². The lowest BCUT2D eigenvalue weighted by atomic mass is 10.2. The summed E-state index contributed by atoms with van der Waals surface area (Å²) in [6.07, 6.45) is 0.253. The zero-order chi connectivity index (χ0) is 18.4. The summed E-state index contributed by atoms with van der Waals surface area (Å²) < 4.78 is 19.8. The number of nitrogens with zero attached hydrogens (tertiary/aromatic N) is 2. The van der Waals surface area contributed by atoms with Crippen molar-refractivity contribution >= 4 is 38.6 Å². The van der Waals surface area contributed by atoms with Gasteiger partial charge < -0.3 is 9.73 Å². The van der Waals surface area contributed by atoms with Crippen molar-refractivity contribution in [2.45, 2.75) is 12.5 Å². The lowest BCUT2D eigenvalue weighted by Crippen LogP contribution is -2.18. The molecule has 0 spiro atoms. The number of anilines is 1. The summed E-state index contributed by atoms with van der Waals surface area (Å²) in [5.74, 6) is -1.16. The molecule has 26 heavy (non-hydrogen) atoms. The molecule has 1 aliphatic carbocycles. The number of amides is 1. The highest BCUT2D eigenvalue weighted by Gasteiger charge is 2.53.